The van der Waals surface area contributed by atoms with Crippen LogP contribution in [0.4, 0.5) is 0 Å². The van der Waals surface area contributed by atoms with Crippen molar-refractivity contribution < 1.29 is 9.90 Å². The van der Waals surface area contributed by atoms with Crippen LogP contribution in [-0.2, 0) is 10.4 Å². The smallest absolute Gasteiger partial charge is 0.129 e. The van der Waals surface area contributed by atoms with Gasteiger partial charge in [0, 0.05) is 6.42 Å². The maximum atomic E-state index is 11.1. The Morgan fingerprint density at radius 1 is 1.17 bits per heavy atom. The van der Waals surface area contributed by atoms with Gasteiger partial charge < -0.3 is 9.90 Å². The van der Waals surface area contributed by atoms with Crippen molar-refractivity contribution >= 4 is 5.78 Å². The summed E-state index contributed by atoms with van der Waals surface area (Å²) < 4.78 is 0. The lowest BCUT2D eigenvalue weighted by molar-refractivity contribution is -0.117. The Hall–Kier alpha value is -1.15. The third-order valence-electron chi connectivity index (χ3n) is 3.37. The third kappa shape index (κ3) is 4.61. The molecule has 0 aliphatic rings. The number of carbonyl (C=O) groups is 1. The molecule has 1 rings (SSSR count). The minimum atomic E-state index is -0.846. The van der Waals surface area contributed by atoms with E-state index in [1.54, 1.807) is 6.92 Å². The molecule has 0 fully saturated rings. The molecule has 1 atom stereocenters. The Morgan fingerprint density at radius 3 is 2.22 bits per heavy atom. The van der Waals surface area contributed by atoms with E-state index in [2.05, 4.69) is 13.8 Å². The van der Waals surface area contributed by atoms with Gasteiger partial charge in [-0.2, -0.15) is 0 Å². The van der Waals surface area contributed by atoms with Crippen LogP contribution in [0.1, 0.15) is 52.5 Å². The maximum absolute atomic E-state index is 11.1. The van der Waals surface area contributed by atoms with E-state index in [1.807, 2.05) is 37.3 Å². The monoisotopic (exact) mass is 248 g/mol. The predicted molar refractivity (Wildman–Crippen MR) is 74.3 cm³/mol. The summed E-state index contributed by atoms with van der Waals surface area (Å²) in [4.78, 5) is 11.1. The highest BCUT2D eigenvalue weighted by Crippen LogP contribution is 2.37. The summed E-state index contributed by atoms with van der Waals surface area (Å²) in [7, 11) is 0. The van der Waals surface area contributed by atoms with E-state index in [1.165, 1.54) is 0 Å². The highest BCUT2D eigenvalue weighted by molar-refractivity contribution is 5.75. The fourth-order valence-electron chi connectivity index (χ4n) is 2.43. The first-order valence-electron chi connectivity index (χ1n) is 6.50. The van der Waals surface area contributed by atoms with Gasteiger partial charge >= 0.3 is 0 Å². The number of ketones is 1. The molecule has 1 unspecified atom stereocenters. The third-order valence-corrected chi connectivity index (χ3v) is 3.37. The van der Waals surface area contributed by atoms with Crippen LogP contribution in [0.25, 0.3) is 0 Å². The zero-order valence-electron chi connectivity index (χ0n) is 11.9. The van der Waals surface area contributed by atoms with E-state index in [0.29, 0.717) is 12.8 Å². The Labute approximate surface area is 110 Å². The van der Waals surface area contributed by atoms with Crippen LogP contribution >= 0.6 is 0 Å². The summed E-state index contributed by atoms with van der Waals surface area (Å²) in [6, 6.07) is 9.71. The van der Waals surface area contributed by atoms with Crippen molar-refractivity contribution in [3.63, 3.8) is 0 Å². The summed E-state index contributed by atoms with van der Waals surface area (Å²) >= 11 is 0. The zero-order chi connectivity index (χ0) is 13.8. The Morgan fingerprint density at radius 2 is 1.72 bits per heavy atom. The number of benzene rings is 1. The minimum Gasteiger partial charge on any atom is -0.385 e. The van der Waals surface area contributed by atoms with Crippen LogP contribution in [0, 0.1) is 5.41 Å². The first-order chi connectivity index (χ1) is 8.23. The molecule has 1 N–H and O–H groups in total. The zero-order valence-corrected chi connectivity index (χ0v) is 11.9. The highest BCUT2D eigenvalue weighted by Gasteiger charge is 2.31. The molecule has 0 aromatic heterocycles. The summed E-state index contributed by atoms with van der Waals surface area (Å²) in [6.07, 6.45) is 2.04. The lowest BCUT2D eigenvalue weighted by atomic mass is 9.75. The fraction of sp³-hybridized carbons (Fsp3) is 0.562. The molecule has 2 nitrogen and oxygen atoms in total. The van der Waals surface area contributed by atoms with E-state index < -0.39 is 5.60 Å². The average Bonchev–Trinajstić information content (AvgIpc) is 2.26. The normalized spacial score (nSPS) is 15.2. The molecule has 0 aliphatic carbocycles. The first-order valence-corrected chi connectivity index (χ1v) is 6.50. The standard InChI is InChI=1S/C16H24O2/c1-13(17)10-11-15(2,3)12-16(4,18)14-8-6-5-7-9-14/h5-9,18H,10-12H2,1-4H3. The van der Waals surface area contributed by atoms with E-state index in [4.69, 9.17) is 0 Å². The van der Waals surface area contributed by atoms with Crippen LogP contribution in [0.5, 0.6) is 0 Å². The van der Waals surface area contributed by atoms with E-state index in [-0.39, 0.29) is 11.2 Å². The van der Waals surface area contributed by atoms with Gasteiger partial charge in [0.2, 0.25) is 0 Å². The second kappa shape index (κ2) is 5.66. The molecule has 2 heteroatoms. The van der Waals surface area contributed by atoms with Crippen molar-refractivity contribution in [2.75, 3.05) is 0 Å². The number of carbonyl (C=O) groups excluding carboxylic acids is 1. The molecule has 0 saturated carbocycles. The van der Waals surface area contributed by atoms with Crippen LogP contribution in [-0.4, -0.2) is 10.9 Å². The van der Waals surface area contributed by atoms with E-state index >= 15 is 0 Å². The quantitative estimate of drug-likeness (QED) is 0.833. The molecule has 1 aromatic rings. The van der Waals surface area contributed by atoms with E-state index in [0.717, 1.165) is 12.0 Å². The van der Waals surface area contributed by atoms with Crippen LogP contribution in [0.2, 0.25) is 0 Å². The van der Waals surface area contributed by atoms with Gasteiger partial charge in [-0.05, 0) is 37.7 Å². The number of Topliss-reactive ketones (excluding diaryl/α,β-unsaturated/α-hetero) is 1. The van der Waals surface area contributed by atoms with Gasteiger partial charge in [-0.15, -0.1) is 0 Å². The van der Waals surface area contributed by atoms with Gasteiger partial charge in [0.15, 0.2) is 0 Å². The summed E-state index contributed by atoms with van der Waals surface area (Å²) in [5.41, 5.74) is 0.0351. The molecule has 0 heterocycles. The fourth-order valence-corrected chi connectivity index (χ4v) is 2.43. The Kier molecular flexibility index (Phi) is 4.69. The topological polar surface area (TPSA) is 37.3 Å². The molecule has 0 bridgehead atoms. The van der Waals surface area contributed by atoms with Gasteiger partial charge in [-0.25, -0.2) is 0 Å². The lowest BCUT2D eigenvalue weighted by Crippen LogP contribution is -2.29. The Balaban J connectivity index is 2.73. The first kappa shape index (κ1) is 14.9. The van der Waals surface area contributed by atoms with Gasteiger partial charge in [-0.1, -0.05) is 44.2 Å². The highest BCUT2D eigenvalue weighted by atomic mass is 16.3. The van der Waals surface area contributed by atoms with Crippen LogP contribution < -0.4 is 0 Å². The molecule has 0 saturated heterocycles. The van der Waals surface area contributed by atoms with Crippen molar-refractivity contribution in [3.8, 4) is 0 Å². The average molecular weight is 248 g/mol. The molecule has 0 spiro atoms. The van der Waals surface area contributed by atoms with Gasteiger partial charge in [-0.3, -0.25) is 0 Å². The van der Waals surface area contributed by atoms with Gasteiger partial charge in [0.1, 0.15) is 5.78 Å². The molecule has 18 heavy (non-hydrogen) atoms. The van der Waals surface area contributed by atoms with Crippen molar-refractivity contribution in [2.45, 2.75) is 52.6 Å². The van der Waals surface area contributed by atoms with Crippen molar-refractivity contribution in [1.82, 2.24) is 0 Å². The largest absolute Gasteiger partial charge is 0.385 e. The molecular formula is C16H24O2. The molecule has 0 amide bonds. The minimum absolute atomic E-state index is 0.0506. The second-order valence-corrected chi connectivity index (χ2v) is 6.18. The molecule has 0 aliphatic heterocycles. The van der Waals surface area contributed by atoms with Crippen molar-refractivity contribution in [1.29, 1.82) is 0 Å². The molecular weight excluding hydrogens is 224 g/mol. The van der Waals surface area contributed by atoms with Crippen LogP contribution in [0.15, 0.2) is 30.3 Å². The number of hydrogen-bond donors (Lipinski definition) is 1. The number of aliphatic hydroxyl groups is 1. The second-order valence-electron chi connectivity index (χ2n) is 6.18. The predicted octanol–water partition coefficient (Wildman–Crippen LogP) is 3.68. The summed E-state index contributed by atoms with van der Waals surface area (Å²) in [5, 5.41) is 10.6. The molecule has 0 radical (unpaired) electrons. The molecule has 100 valence electrons. The van der Waals surface area contributed by atoms with E-state index in [9.17, 15) is 9.90 Å². The van der Waals surface area contributed by atoms with Crippen molar-refractivity contribution in [2.24, 2.45) is 5.41 Å². The lowest BCUT2D eigenvalue weighted by Gasteiger charge is -2.34. The van der Waals surface area contributed by atoms with Crippen LogP contribution in [0.3, 0.4) is 0 Å². The Bertz CT molecular complexity index is 391. The summed E-state index contributed by atoms with van der Waals surface area (Å²) in [5.74, 6) is 0.211. The SMILES string of the molecule is CC(=O)CCC(C)(C)CC(C)(O)c1ccccc1. The van der Waals surface area contributed by atoms with Crippen molar-refractivity contribution in [3.05, 3.63) is 35.9 Å². The molecule has 1 aromatic carbocycles. The number of rotatable bonds is 6. The van der Waals surface area contributed by atoms with Gasteiger partial charge in [0.25, 0.3) is 0 Å². The number of hydrogen-bond acceptors (Lipinski definition) is 2. The maximum Gasteiger partial charge on any atom is 0.129 e. The summed E-state index contributed by atoms with van der Waals surface area (Å²) in [6.45, 7) is 7.67. The van der Waals surface area contributed by atoms with Gasteiger partial charge in [0.05, 0.1) is 5.60 Å².